The number of nitrogen functional groups attached to an aromatic ring is 1. The van der Waals surface area contributed by atoms with Gasteiger partial charge in [0.1, 0.15) is 17.1 Å². The largest absolute Gasteiger partial charge is 0.497 e. The number of hydrogen-bond donors (Lipinski definition) is 1. The molecule has 2 N–H and O–H groups in total. The maximum Gasteiger partial charge on any atom is 0.341 e. The van der Waals surface area contributed by atoms with Gasteiger partial charge in [0.25, 0.3) is 0 Å². The van der Waals surface area contributed by atoms with Crippen LogP contribution in [0.25, 0.3) is 0 Å². The van der Waals surface area contributed by atoms with Crippen LogP contribution in [0.3, 0.4) is 0 Å². The number of para-hydroxylation sites is 1. The molecule has 0 atom stereocenters. The van der Waals surface area contributed by atoms with Gasteiger partial charge in [-0.3, -0.25) is 0 Å². The number of benzene rings is 2. The third-order valence-corrected chi connectivity index (χ3v) is 2.71. The summed E-state index contributed by atoms with van der Waals surface area (Å²) in [6, 6.07) is 11.9. The first-order chi connectivity index (χ1) is 9.65. The Bertz CT molecular complexity index is 625. The van der Waals surface area contributed by atoms with Crippen molar-refractivity contribution >= 4 is 11.7 Å². The number of carbonyl (C=O) groups excluding carboxylic acids is 1. The number of methoxy groups -OCH3 is 2. The van der Waals surface area contributed by atoms with Crippen LogP contribution in [0.4, 0.5) is 5.69 Å². The Morgan fingerprint density at radius 3 is 2.45 bits per heavy atom. The maximum absolute atomic E-state index is 11.7. The molecule has 104 valence electrons. The molecule has 0 amide bonds. The number of nitrogens with two attached hydrogens (primary N) is 1. The predicted molar refractivity (Wildman–Crippen MR) is 75.3 cm³/mol. The lowest BCUT2D eigenvalue weighted by Crippen LogP contribution is -2.05. The van der Waals surface area contributed by atoms with Crippen LogP contribution in [-0.4, -0.2) is 20.2 Å². The molecule has 5 nitrogen and oxygen atoms in total. The first-order valence-electron chi connectivity index (χ1n) is 5.94. The highest BCUT2D eigenvalue weighted by atomic mass is 16.5. The van der Waals surface area contributed by atoms with Crippen LogP contribution in [-0.2, 0) is 4.74 Å². The van der Waals surface area contributed by atoms with Gasteiger partial charge in [-0.05, 0) is 24.3 Å². The lowest BCUT2D eigenvalue weighted by atomic mass is 10.1. The van der Waals surface area contributed by atoms with E-state index in [-0.39, 0.29) is 11.3 Å². The lowest BCUT2D eigenvalue weighted by Gasteiger charge is -2.12. The Morgan fingerprint density at radius 1 is 1.05 bits per heavy atom. The minimum absolute atomic E-state index is 0.271. The quantitative estimate of drug-likeness (QED) is 0.685. The molecule has 0 aliphatic heterocycles. The Balaban J connectivity index is 2.39. The molecule has 2 rings (SSSR count). The fourth-order valence-electron chi connectivity index (χ4n) is 1.72. The van der Waals surface area contributed by atoms with Crippen molar-refractivity contribution in [2.24, 2.45) is 0 Å². The van der Waals surface area contributed by atoms with Gasteiger partial charge in [0.05, 0.1) is 19.9 Å². The van der Waals surface area contributed by atoms with Gasteiger partial charge in [-0.1, -0.05) is 12.1 Å². The molecule has 0 bridgehead atoms. The zero-order chi connectivity index (χ0) is 14.5. The van der Waals surface area contributed by atoms with Crippen molar-refractivity contribution in [3.63, 3.8) is 0 Å². The highest BCUT2D eigenvalue weighted by Crippen LogP contribution is 2.33. The van der Waals surface area contributed by atoms with Gasteiger partial charge in [-0.15, -0.1) is 0 Å². The average Bonchev–Trinajstić information content (AvgIpc) is 2.48. The third-order valence-electron chi connectivity index (χ3n) is 2.71. The van der Waals surface area contributed by atoms with Crippen LogP contribution in [0, 0.1) is 0 Å². The summed E-state index contributed by atoms with van der Waals surface area (Å²) in [5.74, 6) is 0.937. The van der Waals surface area contributed by atoms with Gasteiger partial charge >= 0.3 is 5.97 Å². The summed E-state index contributed by atoms with van der Waals surface area (Å²) in [6.07, 6.45) is 0. The molecule has 20 heavy (non-hydrogen) atoms. The van der Waals surface area contributed by atoms with Gasteiger partial charge in [-0.2, -0.15) is 0 Å². The van der Waals surface area contributed by atoms with E-state index in [2.05, 4.69) is 0 Å². The number of carbonyl (C=O) groups is 1. The molecule has 0 heterocycles. The molecule has 0 saturated carbocycles. The summed E-state index contributed by atoms with van der Waals surface area (Å²) in [4.78, 5) is 11.7. The molecule has 0 unspecified atom stereocenters. The molecule has 0 aliphatic rings. The molecule has 0 spiro atoms. The van der Waals surface area contributed by atoms with Crippen molar-refractivity contribution in [2.75, 3.05) is 20.0 Å². The first-order valence-corrected chi connectivity index (χ1v) is 5.94. The molecule has 0 fully saturated rings. The fraction of sp³-hybridized carbons (Fsp3) is 0.133. The smallest absolute Gasteiger partial charge is 0.341 e. The maximum atomic E-state index is 11.7. The molecule has 2 aromatic carbocycles. The van der Waals surface area contributed by atoms with E-state index in [1.165, 1.54) is 7.11 Å². The lowest BCUT2D eigenvalue weighted by molar-refractivity contribution is 0.0598. The van der Waals surface area contributed by atoms with E-state index in [1.54, 1.807) is 49.6 Å². The van der Waals surface area contributed by atoms with Gasteiger partial charge in [0.2, 0.25) is 0 Å². The summed E-state index contributed by atoms with van der Waals surface area (Å²) in [5.41, 5.74) is 6.50. The van der Waals surface area contributed by atoms with Crippen LogP contribution >= 0.6 is 0 Å². The molecule has 0 saturated heterocycles. The molecule has 0 radical (unpaired) electrons. The molecule has 5 heteroatoms. The second-order valence-corrected chi connectivity index (χ2v) is 4.00. The van der Waals surface area contributed by atoms with Crippen molar-refractivity contribution in [3.05, 3.63) is 48.0 Å². The van der Waals surface area contributed by atoms with E-state index in [0.29, 0.717) is 17.2 Å². The van der Waals surface area contributed by atoms with Crippen LogP contribution in [0.15, 0.2) is 42.5 Å². The molecular weight excluding hydrogens is 258 g/mol. The summed E-state index contributed by atoms with van der Waals surface area (Å²) in [5, 5.41) is 0. The minimum atomic E-state index is -0.504. The Hall–Kier alpha value is -2.69. The van der Waals surface area contributed by atoms with Gasteiger partial charge in [0, 0.05) is 6.07 Å². The number of ether oxygens (including phenoxy) is 3. The zero-order valence-corrected chi connectivity index (χ0v) is 11.3. The van der Waals surface area contributed by atoms with E-state index in [4.69, 9.17) is 19.9 Å². The number of rotatable bonds is 4. The minimum Gasteiger partial charge on any atom is -0.497 e. The summed E-state index contributed by atoms with van der Waals surface area (Å²) in [7, 11) is 2.87. The van der Waals surface area contributed by atoms with Crippen LogP contribution in [0.5, 0.6) is 17.2 Å². The molecule has 0 aromatic heterocycles. The van der Waals surface area contributed by atoms with Crippen molar-refractivity contribution in [2.45, 2.75) is 0 Å². The average molecular weight is 273 g/mol. The summed E-state index contributed by atoms with van der Waals surface area (Å²) < 4.78 is 15.5. The predicted octanol–water partition coefficient (Wildman–Crippen LogP) is 2.86. The third kappa shape index (κ3) is 2.83. The zero-order valence-electron chi connectivity index (χ0n) is 11.3. The van der Waals surface area contributed by atoms with E-state index in [0.717, 1.165) is 0 Å². The van der Waals surface area contributed by atoms with Crippen molar-refractivity contribution < 1.29 is 19.0 Å². The van der Waals surface area contributed by atoms with E-state index >= 15 is 0 Å². The Kier molecular flexibility index (Phi) is 4.10. The van der Waals surface area contributed by atoms with Gasteiger partial charge < -0.3 is 19.9 Å². The van der Waals surface area contributed by atoms with E-state index in [1.807, 2.05) is 0 Å². The highest BCUT2D eigenvalue weighted by molar-refractivity contribution is 5.94. The number of anilines is 1. The Morgan fingerprint density at radius 2 is 1.75 bits per heavy atom. The monoisotopic (exact) mass is 273 g/mol. The molecular formula is C15H15NO4. The summed E-state index contributed by atoms with van der Waals surface area (Å²) >= 11 is 0. The highest BCUT2D eigenvalue weighted by Gasteiger charge is 2.16. The van der Waals surface area contributed by atoms with Gasteiger partial charge in [0.15, 0.2) is 5.75 Å². The topological polar surface area (TPSA) is 70.8 Å². The summed E-state index contributed by atoms with van der Waals surface area (Å²) in [6.45, 7) is 0. The standard InChI is InChI=1S/C15H15NO4/c1-18-10-5-3-6-11(9-10)20-14-12(15(17)19-2)7-4-8-13(14)16/h3-9H,16H2,1-2H3. The van der Waals surface area contributed by atoms with E-state index < -0.39 is 5.97 Å². The van der Waals surface area contributed by atoms with Crippen molar-refractivity contribution in [1.82, 2.24) is 0 Å². The molecule has 2 aromatic rings. The Labute approximate surface area is 116 Å². The van der Waals surface area contributed by atoms with Crippen LogP contribution in [0.1, 0.15) is 10.4 Å². The first kappa shape index (κ1) is 13.7. The van der Waals surface area contributed by atoms with Crippen LogP contribution < -0.4 is 15.2 Å². The van der Waals surface area contributed by atoms with Crippen LogP contribution in [0.2, 0.25) is 0 Å². The SMILES string of the molecule is COC(=O)c1cccc(N)c1Oc1cccc(OC)c1. The molecule has 0 aliphatic carbocycles. The van der Waals surface area contributed by atoms with Crippen molar-refractivity contribution in [3.8, 4) is 17.2 Å². The van der Waals surface area contributed by atoms with E-state index in [9.17, 15) is 4.79 Å². The normalized spacial score (nSPS) is 9.90. The fourth-order valence-corrected chi connectivity index (χ4v) is 1.72. The number of hydrogen-bond acceptors (Lipinski definition) is 5. The van der Waals surface area contributed by atoms with Crippen molar-refractivity contribution in [1.29, 1.82) is 0 Å². The second-order valence-electron chi connectivity index (χ2n) is 4.00. The van der Waals surface area contributed by atoms with Gasteiger partial charge in [-0.25, -0.2) is 4.79 Å². The second kappa shape index (κ2) is 5.97. The number of esters is 1.